The van der Waals surface area contributed by atoms with E-state index in [1.165, 1.54) is 0 Å². The number of nitrogens with one attached hydrogen (secondary N) is 1. The fraction of sp³-hybridized carbons (Fsp3) is 0.636. The smallest absolute Gasteiger partial charge is 0.257 e. The highest BCUT2D eigenvalue weighted by atomic mass is 35.5. The average molecular weight is 242 g/mol. The molecule has 0 aliphatic carbocycles. The fourth-order valence-electron chi connectivity index (χ4n) is 2.14. The van der Waals surface area contributed by atoms with Crippen molar-refractivity contribution in [3.63, 3.8) is 0 Å². The maximum Gasteiger partial charge on any atom is 0.257 e. The molecule has 1 unspecified atom stereocenters. The number of aryl methyl sites for hydroxylation is 1. The highest BCUT2D eigenvalue weighted by molar-refractivity contribution is 6.17. The van der Waals surface area contributed by atoms with E-state index in [9.17, 15) is 4.79 Å². The third-order valence-electron chi connectivity index (χ3n) is 3.15. The number of hydrogen-bond donors (Lipinski definition) is 1. The van der Waals surface area contributed by atoms with E-state index in [1.807, 2.05) is 11.8 Å². The predicted molar refractivity (Wildman–Crippen MR) is 62.7 cm³/mol. The summed E-state index contributed by atoms with van der Waals surface area (Å²) < 4.78 is 0. The van der Waals surface area contributed by atoms with Crippen molar-refractivity contribution in [1.82, 2.24) is 15.1 Å². The number of carbonyl (C=O) groups is 1. The van der Waals surface area contributed by atoms with Gasteiger partial charge in [0, 0.05) is 24.7 Å². The van der Waals surface area contributed by atoms with E-state index in [1.54, 1.807) is 6.20 Å². The largest absolute Gasteiger partial charge is 0.338 e. The lowest BCUT2D eigenvalue weighted by Crippen LogP contribution is -2.29. The van der Waals surface area contributed by atoms with Crippen LogP contribution in [0.15, 0.2) is 6.20 Å². The fourth-order valence-corrected chi connectivity index (χ4v) is 2.45. The molecule has 16 heavy (non-hydrogen) atoms. The van der Waals surface area contributed by atoms with Crippen LogP contribution in [0.25, 0.3) is 0 Å². The van der Waals surface area contributed by atoms with Crippen molar-refractivity contribution in [3.8, 4) is 0 Å². The maximum atomic E-state index is 12.1. The lowest BCUT2D eigenvalue weighted by atomic mass is 10.1. The molecule has 5 heteroatoms. The monoisotopic (exact) mass is 241 g/mol. The first-order valence-electron chi connectivity index (χ1n) is 5.57. The Hall–Kier alpha value is -1.03. The number of amides is 1. The third kappa shape index (κ3) is 2.21. The molecule has 0 bridgehead atoms. The summed E-state index contributed by atoms with van der Waals surface area (Å²) in [6, 6.07) is 0. The second-order valence-corrected chi connectivity index (χ2v) is 4.67. The number of carbonyl (C=O) groups excluding carboxylic acids is 1. The number of aromatic amines is 1. The second kappa shape index (κ2) is 4.87. The van der Waals surface area contributed by atoms with Crippen molar-refractivity contribution in [3.05, 3.63) is 17.5 Å². The lowest BCUT2D eigenvalue weighted by molar-refractivity contribution is 0.0786. The van der Waals surface area contributed by atoms with E-state index in [-0.39, 0.29) is 5.91 Å². The zero-order chi connectivity index (χ0) is 11.5. The molecule has 88 valence electrons. The van der Waals surface area contributed by atoms with Gasteiger partial charge in [-0.3, -0.25) is 9.89 Å². The van der Waals surface area contributed by atoms with Crippen molar-refractivity contribution < 1.29 is 4.79 Å². The first-order valence-corrected chi connectivity index (χ1v) is 6.11. The lowest BCUT2D eigenvalue weighted by Gasteiger charge is -2.15. The summed E-state index contributed by atoms with van der Waals surface area (Å²) in [5.74, 6) is 1.33. The van der Waals surface area contributed by atoms with Gasteiger partial charge in [0.05, 0.1) is 11.8 Å². The van der Waals surface area contributed by atoms with Crippen LogP contribution in [-0.4, -0.2) is 40.0 Å². The summed E-state index contributed by atoms with van der Waals surface area (Å²) in [6.45, 7) is 3.54. The second-order valence-electron chi connectivity index (χ2n) is 4.29. The topological polar surface area (TPSA) is 49.0 Å². The van der Waals surface area contributed by atoms with Gasteiger partial charge in [-0.2, -0.15) is 5.10 Å². The molecule has 1 saturated heterocycles. The van der Waals surface area contributed by atoms with E-state index in [0.29, 0.717) is 17.4 Å². The first kappa shape index (κ1) is 11.5. The van der Waals surface area contributed by atoms with Crippen molar-refractivity contribution >= 4 is 17.5 Å². The van der Waals surface area contributed by atoms with Crippen LogP contribution in [0.2, 0.25) is 0 Å². The molecule has 4 nitrogen and oxygen atoms in total. The minimum atomic E-state index is 0.0864. The highest BCUT2D eigenvalue weighted by Gasteiger charge is 2.27. The molecule has 1 N–H and O–H groups in total. The summed E-state index contributed by atoms with van der Waals surface area (Å²) in [7, 11) is 0. The Bertz CT molecular complexity index is 377. The number of likely N-dealkylation sites (tertiary alicyclic amines) is 1. The van der Waals surface area contributed by atoms with Crippen LogP contribution in [0.4, 0.5) is 0 Å². The Morgan fingerprint density at radius 2 is 2.56 bits per heavy atom. The average Bonchev–Trinajstić information content (AvgIpc) is 2.87. The van der Waals surface area contributed by atoms with Gasteiger partial charge >= 0.3 is 0 Å². The van der Waals surface area contributed by atoms with Gasteiger partial charge in [-0.05, 0) is 25.7 Å². The molecule has 1 fully saturated rings. The predicted octanol–water partition coefficient (Wildman–Crippen LogP) is 1.81. The van der Waals surface area contributed by atoms with E-state index >= 15 is 0 Å². The van der Waals surface area contributed by atoms with Gasteiger partial charge in [-0.25, -0.2) is 0 Å². The Balaban J connectivity index is 2.00. The molecule has 1 aliphatic heterocycles. The zero-order valence-corrected chi connectivity index (χ0v) is 10.1. The molecule has 0 saturated carbocycles. The van der Waals surface area contributed by atoms with E-state index in [2.05, 4.69) is 10.2 Å². The maximum absolute atomic E-state index is 12.1. The number of H-pyrrole nitrogens is 1. The zero-order valence-electron chi connectivity index (χ0n) is 9.37. The molecular weight excluding hydrogens is 226 g/mol. The molecule has 1 amide bonds. The van der Waals surface area contributed by atoms with Crippen molar-refractivity contribution in [2.45, 2.75) is 19.8 Å². The molecule has 1 aromatic heterocycles. The Morgan fingerprint density at radius 3 is 3.19 bits per heavy atom. The molecule has 2 rings (SSSR count). The quantitative estimate of drug-likeness (QED) is 0.821. The summed E-state index contributed by atoms with van der Waals surface area (Å²) in [5, 5.41) is 6.67. The van der Waals surface area contributed by atoms with Gasteiger partial charge in [-0.1, -0.05) is 0 Å². The molecule has 2 heterocycles. The number of aromatic nitrogens is 2. The number of hydrogen-bond acceptors (Lipinski definition) is 2. The van der Waals surface area contributed by atoms with Crippen molar-refractivity contribution in [1.29, 1.82) is 0 Å². The van der Waals surface area contributed by atoms with Crippen LogP contribution in [0.3, 0.4) is 0 Å². The van der Waals surface area contributed by atoms with Crippen LogP contribution < -0.4 is 0 Å². The van der Waals surface area contributed by atoms with E-state index < -0.39 is 0 Å². The standard InChI is InChI=1S/C11H16ClN3O/c1-8-10(6-13-14-8)11(16)15-5-3-9(7-15)2-4-12/h6,9H,2-5,7H2,1H3,(H,13,14). The highest BCUT2D eigenvalue weighted by Crippen LogP contribution is 2.22. The molecular formula is C11H16ClN3O. The Kier molecular flexibility index (Phi) is 3.49. The van der Waals surface area contributed by atoms with Crippen LogP contribution in [0, 0.1) is 12.8 Å². The van der Waals surface area contributed by atoms with E-state index in [4.69, 9.17) is 11.6 Å². The Morgan fingerprint density at radius 1 is 1.75 bits per heavy atom. The normalized spacial score (nSPS) is 20.4. The molecule has 1 atom stereocenters. The van der Waals surface area contributed by atoms with Crippen LogP contribution in [0.1, 0.15) is 28.9 Å². The SMILES string of the molecule is Cc1[nH]ncc1C(=O)N1CCC(CCCl)C1. The van der Waals surface area contributed by atoms with Crippen LogP contribution in [-0.2, 0) is 0 Å². The number of alkyl halides is 1. The molecule has 1 aromatic rings. The molecule has 0 radical (unpaired) electrons. The summed E-state index contributed by atoms with van der Waals surface area (Å²) in [4.78, 5) is 14.0. The van der Waals surface area contributed by atoms with Crippen molar-refractivity contribution in [2.24, 2.45) is 5.92 Å². The minimum absolute atomic E-state index is 0.0864. The van der Waals surface area contributed by atoms with E-state index in [0.717, 1.165) is 31.6 Å². The number of rotatable bonds is 3. The summed E-state index contributed by atoms with van der Waals surface area (Å²) in [5.41, 5.74) is 1.53. The summed E-state index contributed by atoms with van der Waals surface area (Å²) >= 11 is 5.72. The number of halogens is 1. The van der Waals surface area contributed by atoms with Crippen molar-refractivity contribution in [2.75, 3.05) is 19.0 Å². The van der Waals surface area contributed by atoms with Gasteiger partial charge in [0.15, 0.2) is 0 Å². The molecule has 1 aliphatic rings. The van der Waals surface area contributed by atoms with Gasteiger partial charge in [0.1, 0.15) is 0 Å². The molecule has 0 aromatic carbocycles. The van der Waals surface area contributed by atoms with Gasteiger partial charge in [-0.15, -0.1) is 11.6 Å². The number of nitrogens with zero attached hydrogens (tertiary/aromatic N) is 2. The van der Waals surface area contributed by atoms with Gasteiger partial charge in [0.2, 0.25) is 0 Å². The molecule has 0 spiro atoms. The minimum Gasteiger partial charge on any atom is -0.338 e. The third-order valence-corrected chi connectivity index (χ3v) is 3.37. The first-order chi connectivity index (χ1) is 7.72. The van der Waals surface area contributed by atoms with Crippen LogP contribution in [0.5, 0.6) is 0 Å². The summed E-state index contributed by atoms with van der Waals surface area (Å²) in [6.07, 6.45) is 3.66. The van der Waals surface area contributed by atoms with Gasteiger partial charge in [0.25, 0.3) is 5.91 Å². The van der Waals surface area contributed by atoms with Gasteiger partial charge < -0.3 is 4.90 Å². The Labute approximate surface area is 100.0 Å². The van der Waals surface area contributed by atoms with Crippen LogP contribution >= 0.6 is 11.6 Å².